The molecule has 0 unspecified atom stereocenters. The van der Waals surface area contributed by atoms with Gasteiger partial charge in [0.1, 0.15) is 0 Å². The van der Waals surface area contributed by atoms with E-state index in [0.717, 1.165) is 10.4 Å². The molecule has 0 fully saturated rings. The topological polar surface area (TPSA) is 52.6 Å². The molecule has 1 aliphatic heterocycles. The van der Waals surface area contributed by atoms with Crippen LogP contribution in [0.4, 0.5) is 30.2 Å². The molecule has 2 aromatic carbocycles. The Hall–Kier alpha value is -2.26. The number of nitrogens with one attached hydrogen (secondary N) is 1. The molecule has 1 N–H and O–H groups in total. The van der Waals surface area contributed by atoms with Crippen molar-refractivity contribution in [3.05, 3.63) is 53.8 Å². The zero-order valence-corrected chi connectivity index (χ0v) is 14.2. The van der Waals surface area contributed by atoms with Crippen molar-refractivity contribution in [3.8, 4) is 0 Å². The highest BCUT2D eigenvalue weighted by atomic mass is 32.2. The highest BCUT2D eigenvalue weighted by Crippen LogP contribution is 2.46. The van der Waals surface area contributed by atoms with Gasteiger partial charge in [0.05, 0.1) is 17.1 Å². The first-order valence-electron chi connectivity index (χ1n) is 7.59. The van der Waals surface area contributed by atoms with Crippen LogP contribution in [0, 0.1) is 17.5 Å². The SMILES string of the molecule is CNCCCN1c2ccccc2N(c2ccc(F)c(F)c2F)S1(=O)=O. The highest BCUT2D eigenvalue weighted by molar-refractivity contribution is 7.95. The van der Waals surface area contributed by atoms with Crippen LogP contribution in [0.3, 0.4) is 0 Å². The summed E-state index contributed by atoms with van der Waals surface area (Å²) in [7, 11) is -2.42. The van der Waals surface area contributed by atoms with E-state index >= 15 is 0 Å². The lowest BCUT2D eigenvalue weighted by atomic mass is 10.2. The average Bonchev–Trinajstić information content (AvgIpc) is 2.81. The number of fused-ring (bicyclic) bond motifs is 1. The molecule has 0 atom stereocenters. The largest absolute Gasteiger partial charge is 0.331 e. The summed E-state index contributed by atoms with van der Waals surface area (Å²) < 4.78 is 68.8. The minimum Gasteiger partial charge on any atom is -0.320 e. The molecule has 0 aliphatic carbocycles. The molecule has 1 heterocycles. The number of para-hydroxylation sites is 2. The third kappa shape index (κ3) is 2.83. The van der Waals surface area contributed by atoms with Crippen molar-refractivity contribution in [3.63, 3.8) is 0 Å². The predicted molar refractivity (Wildman–Crippen MR) is 89.7 cm³/mol. The standard InChI is InChI=1S/C16H16F3N3O2S/c1-20-9-4-10-21-12-5-2-3-6-13(12)22(25(21,23)24)14-8-7-11(17)15(18)16(14)19/h2-3,5-8,20H,4,9-10H2,1H3. The van der Waals surface area contributed by atoms with Crippen LogP contribution in [0.5, 0.6) is 0 Å². The highest BCUT2D eigenvalue weighted by Gasteiger charge is 2.42. The Morgan fingerprint density at radius 2 is 1.64 bits per heavy atom. The quantitative estimate of drug-likeness (QED) is 0.650. The zero-order valence-electron chi connectivity index (χ0n) is 13.3. The van der Waals surface area contributed by atoms with Crippen LogP contribution in [0.25, 0.3) is 0 Å². The van der Waals surface area contributed by atoms with E-state index in [1.165, 1.54) is 6.07 Å². The van der Waals surface area contributed by atoms with Crippen LogP contribution in [0.15, 0.2) is 36.4 Å². The van der Waals surface area contributed by atoms with Crippen molar-refractivity contribution in [2.75, 3.05) is 28.7 Å². The van der Waals surface area contributed by atoms with E-state index in [-0.39, 0.29) is 12.2 Å². The fourth-order valence-corrected chi connectivity index (χ4v) is 4.51. The van der Waals surface area contributed by atoms with Gasteiger partial charge in [0.25, 0.3) is 0 Å². The summed E-state index contributed by atoms with van der Waals surface area (Å²) in [6.07, 6.45) is 0.526. The Morgan fingerprint density at radius 1 is 0.960 bits per heavy atom. The van der Waals surface area contributed by atoms with Gasteiger partial charge in [-0.1, -0.05) is 12.1 Å². The Balaban J connectivity index is 2.13. The van der Waals surface area contributed by atoms with Crippen molar-refractivity contribution >= 4 is 27.3 Å². The second kappa shape index (κ2) is 6.57. The van der Waals surface area contributed by atoms with Crippen LogP contribution in [-0.2, 0) is 10.2 Å². The van der Waals surface area contributed by atoms with Crippen LogP contribution >= 0.6 is 0 Å². The maximum absolute atomic E-state index is 14.2. The molecule has 0 saturated carbocycles. The zero-order chi connectivity index (χ0) is 18.2. The van der Waals surface area contributed by atoms with E-state index in [1.807, 2.05) is 0 Å². The molecule has 0 radical (unpaired) electrons. The van der Waals surface area contributed by atoms with Crippen LogP contribution < -0.4 is 13.9 Å². The number of hydrogen-bond donors (Lipinski definition) is 1. The molecule has 0 saturated heterocycles. The summed E-state index contributed by atoms with van der Waals surface area (Å²) in [6, 6.07) is 7.95. The van der Waals surface area contributed by atoms with E-state index in [1.54, 1.807) is 25.2 Å². The second-order valence-corrected chi connectivity index (χ2v) is 7.19. The van der Waals surface area contributed by atoms with Gasteiger partial charge in [0.15, 0.2) is 17.5 Å². The Bertz CT molecular complexity index is 905. The molecular weight excluding hydrogens is 355 g/mol. The lowest BCUT2D eigenvalue weighted by molar-refractivity contribution is 0.448. The summed E-state index contributed by atoms with van der Waals surface area (Å²) in [5, 5.41) is 2.92. The van der Waals surface area contributed by atoms with Crippen LogP contribution in [0.1, 0.15) is 6.42 Å². The smallest absolute Gasteiger partial charge is 0.320 e. The molecule has 9 heteroatoms. The maximum atomic E-state index is 14.2. The summed E-state index contributed by atoms with van der Waals surface area (Å²) in [6.45, 7) is 0.760. The van der Waals surface area contributed by atoms with Gasteiger partial charge in [0.2, 0.25) is 0 Å². The molecule has 5 nitrogen and oxygen atoms in total. The first-order chi connectivity index (χ1) is 11.9. The lowest BCUT2D eigenvalue weighted by Gasteiger charge is -2.22. The third-order valence-electron chi connectivity index (χ3n) is 3.90. The summed E-state index contributed by atoms with van der Waals surface area (Å²) in [5.41, 5.74) is 0.00192. The number of rotatable bonds is 5. The van der Waals surface area contributed by atoms with Crippen molar-refractivity contribution in [2.24, 2.45) is 0 Å². The van der Waals surface area contributed by atoms with Gasteiger partial charge >= 0.3 is 10.2 Å². The molecule has 3 rings (SSSR count). The number of benzene rings is 2. The fourth-order valence-electron chi connectivity index (χ4n) is 2.76. The lowest BCUT2D eigenvalue weighted by Crippen LogP contribution is -2.37. The van der Waals surface area contributed by atoms with Crippen molar-refractivity contribution in [1.29, 1.82) is 0 Å². The second-order valence-electron chi connectivity index (χ2n) is 5.48. The van der Waals surface area contributed by atoms with Gasteiger partial charge in [-0.3, -0.25) is 4.31 Å². The number of nitrogens with zero attached hydrogens (tertiary/aromatic N) is 2. The number of halogens is 3. The Labute approximate surface area is 143 Å². The van der Waals surface area contributed by atoms with Gasteiger partial charge in [0, 0.05) is 6.54 Å². The predicted octanol–water partition coefficient (Wildman–Crippen LogP) is 2.92. The molecule has 25 heavy (non-hydrogen) atoms. The van der Waals surface area contributed by atoms with Crippen LogP contribution in [0.2, 0.25) is 0 Å². The summed E-state index contributed by atoms with van der Waals surface area (Å²) >= 11 is 0. The minimum absolute atomic E-state index is 0.169. The van der Waals surface area contributed by atoms with E-state index in [9.17, 15) is 21.6 Å². The first-order valence-corrected chi connectivity index (χ1v) is 8.99. The molecule has 134 valence electrons. The van der Waals surface area contributed by atoms with Gasteiger partial charge in [-0.05, 0) is 44.3 Å². The van der Waals surface area contributed by atoms with E-state index in [0.29, 0.717) is 29.0 Å². The Kier molecular flexibility index (Phi) is 4.61. The minimum atomic E-state index is -4.16. The van der Waals surface area contributed by atoms with Gasteiger partial charge in [-0.15, -0.1) is 0 Å². The first kappa shape index (κ1) is 17.6. The van der Waals surface area contributed by atoms with E-state index < -0.39 is 33.3 Å². The summed E-state index contributed by atoms with van der Waals surface area (Å²) in [4.78, 5) is 0. The van der Waals surface area contributed by atoms with Crippen molar-refractivity contribution in [2.45, 2.75) is 6.42 Å². The maximum Gasteiger partial charge on any atom is 0.331 e. The van der Waals surface area contributed by atoms with Gasteiger partial charge in [-0.25, -0.2) is 17.5 Å². The molecule has 0 spiro atoms. The molecule has 0 amide bonds. The van der Waals surface area contributed by atoms with Crippen molar-refractivity contribution < 1.29 is 21.6 Å². The third-order valence-corrected chi connectivity index (χ3v) is 5.69. The normalized spacial score (nSPS) is 15.5. The van der Waals surface area contributed by atoms with Crippen LogP contribution in [-0.4, -0.2) is 28.6 Å². The number of anilines is 3. The fraction of sp³-hybridized carbons (Fsp3) is 0.250. The molecule has 2 aromatic rings. The molecule has 0 aromatic heterocycles. The number of hydrogen-bond acceptors (Lipinski definition) is 3. The molecule has 1 aliphatic rings. The molecular formula is C16H16F3N3O2S. The Morgan fingerprint density at radius 3 is 2.32 bits per heavy atom. The van der Waals surface area contributed by atoms with Gasteiger partial charge in [-0.2, -0.15) is 8.42 Å². The van der Waals surface area contributed by atoms with E-state index in [4.69, 9.17) is 0 Å². The average molecular weight is 371 g/mol. The summed E-state index contributed by atoms with van der Waals surface area (Å²) in [5.74, 6) is -4.63. The van der Waals surface area contributed by atoms with E-state index in [2.05, 4.69) is 5.32 Å². The van der Waals surface area contributed by atoms with Gasteiger partial charge < -0.3 is 5.32 Å². The monoisotopic (exact) mass is 371 g/mol. The molecule has 0 bridgehead atoms. The van der Waals surface area contributed by atoms with Crippen molar-refractivity contribution in [1.82, 2.24) is 5.32 Å².